The summed E-state index contributed by atoms with van der Waals surface area (Å²) in [6.45, 7) is 7.95. The van der Waals surface area contributed by atoms with Crippen LogP contribution in [0.2, 0.25) is 0 Å². The SMILES string of the molecule is CCCCC(CC)CC(CC)C1CO1. The second-order valence-corrected chi connectivity index (χ2v) is 4.69. The Morgan fingerprint density at radius 2 is 1.93 bits per heavy atom. The summed E-state index contributed by atoms with van der Waals surface area (Å²) in [5.74, 6) is 1.79. The van der Waals surface area contributed by atoms with Crippen LogP contribution < -0.4 is 0 Å². The fourth-order valence-corrected chi connectivity index (χ4v) is 2.32. The van der Waals surface area contributed by atoms with Crippen LogP contribution in [0.5, 0.6) is 0 Å². The number of rotatable bonds is 8. The molecule has 0 aliphatic carbocycles. The smallest absolute Gasteiger partial charge is 0.0838 e. The van der Waals surface area contributed by atoms with Crippen LogP contribution in [0.1, 0.15) is 59.3 Å². The summed E-state index contributed by atoms with van der Waals surface area (Å²) < 4.78 is 5.41. The lowest BCUT2D eigenvalue weighted by Crippen LogP contribution is -2.13. The molecule has 1 nitrogen and oxygen atoms in total. The Labute approximate surface area is 89.2 Å². The van der Waals surface area contributed by atoms with Gasteiger partial charge in [0.05, 0.1) is 12.7 Å². The first kappa shape index (κ1) is 12.0. The highest BCUT2D eigenvalue weighted by Gasteiger charge is 2.32. The summed E-state index contributed by atoms with van der Waals surface area (Å²) >= 11 is 0. The Kier molecular flexibility index (Phi) is 5.54. The monoisotopic (exact) mass is 198 g/mol. The van der Waals surface area contributed by atoms with Gasteiger partial charge < -0.3 is 4.74 Å². The standard InChI is InChI=1S/C13H26O/c1-4-7-8-11(5-2)9-12(6-3)13-10-14-13/h11-13H,4-10H2,1-3H3. The van der Waals surface area contributed by atoms with E-state index in [-0.39, 0.29) is 0 Å². The van der Waals surface area contributed by atoms with Gasteiger partial charge in [-0.15, -0.1) is 0 Å². The predicted octanol–water partition coefficient (Wildman–Crippen LogP) is 4.02. The Balaban J connectivity index is 2.22. The minimum atomic E-state index is 0.621. The van der Waals surface area contributed by atoms with Crippen molar-refractivity contribution >= 4 is 0 Å². The fraction of sp³-hybridized carbons (Fsp3) is 1.00. The second-order valence-electron chi connectivity index (χ2n) is 4.69. The molecule has 0 radical (unpaired) electrons. The summed E-state index contributed by atoms with van der Waals surface area (Å²) in [5, 5.41) is 0. The molecule has 1 aliphatic rings. The zero-order valence-electron chi connectivity index (χ0n) is 10.1. The highest BCUT2D eigenvalue weighted by Crippen LogP contribution is 2.31. The van der Waals surface area contributed by atoms with Crippen molar-refractivity contribution in [3.05, 3.63) is 0 Å². The molecule has 0 N–H and O–H groups in total. The van der Waals surface area contributed by atoms with E-state index in [1.54, 1.807) is 0 Å². The number of epoxide rings is 1. The van der Waals surface area contributed by atoms with E-state index in [4.69, 9.17) is 4.74 Å². The number of hydrogen-bond acceptors (Lipinski definition) is 1. The zero-order valence-corrected chi connectivity index (χ0v) is 10.1. The van der Waals surface area contributed by atoms with Gasteiger partial charge in [-0.25, -0.2) is 0 Å². The van der Waals surface area contributed by atoms with Gasteiger partial charge in [0.1, 0.15) is 0 Å². The van der Waals surface area contributed by atoms with Gasteiger partial charge in [0, 0.05) is 0 Å². The highest BCUT2D eigenvalue weighted by atomic mass is 16.6. The van der Waals surface area contributed by atoms with Gasteiger partial charge in [0.15, 0.2) is 0 Å². The summed E-state index contributed by atoms with van der Waals surface area (Å²) in [4.78, 5) is 0. The van der Waals surface area contributed by atoms with Crippen LogP contribution in [0, 0.1) is 11.8 Å². The molecule has 3 unspecified atom stereocenters. The van der Waals surface area contributed by atoms with Crippen molar-refractivity contribution in [3.63, 3.8) is 0 Å². The Hall–Kier alpha value is -0.0400. The first-order valence-corrected chi connectivity index (χ1v) is 6.43. The van der Waals surface area contributed by atoms with Crippen molar-refractivity contribution in [1.82, 2.24) is 0 Å². The molecule has 0 aromatic rings. The molecule has 1 saturated heterocycles. The van der Waals surface area contributed by atoms with Gasteiger partial charge in [0.2, 0.25) is 0 Å². The summed E-state index contributed by atoms with van der Waals surface area (Å²) in [6, 6.07) is 0. The molecule has 3 atom stereocenters. The Morgan fingerprint density at radius 1 is 1.21 bits per heavy atom. The lowest BCUT2D eigenvalue weighted by Gasteiger charge is -2.20. The van der Waals surface area contributed by atoms with Crippen LogP contribution in [0.25, 0.3) is 0 Å². The molecule has 84 valence electrons. The number of ether oxygens (including phenoxy) is 1. The van der Waals surface area contributed by atoms with E-state index in [0.717, 1.165) is 18.4 Å². The lowest BCUT2D eigenvalue weighted by molar-refractivity contribution is 0.261. The van der Waals surface area contributed by atoms with Gasteiger partial charge in [-0.3, -0.25) is 0 Å². The average molecular weight is 198 g/mol. The molecular formula is C13H26O. The van der Waals surface area contributed by atoms with Crippen molar-refractivity contribution in [2.24, 2.45) is 11.8 Å². The van der Waals surface area contributed by atoms with Crippen molar-refractivity contribution in [2.75, 3.05) is 6.61 Å². The number of unbranched alkanes of at least 4 members (excludes halogenated alkanes) is 1. The van der Waals surface area contributed by atoms with E-state index >= 15 is 0 Å². The van der Waals surface area contributed by atoms with Crippen LogP contribution in [0.15, 0.2) is 0 Å². The van der Waals surface area contributed by atoms with Crippen LogP contribution >= 0.6 is 0 Å². The largest absolute Gasteiger partial charge is 0.373 e. The molecule has 1 heterocycles. The van der Waals surface area contributed by atoms with Crippen LogP contribution in [-0.2, 0) is 4.74 Å². The third-order valence-electron chi connectivity index (χ3n) is 3.59. The predicted molar refractivity (Wildman–Crippen MR) is 61.4 cm³/mol. The van der Waals surface area contributed by atoms with Crippen molar-refractivity contribution in [2.45, 2.75) is 65.4 Å². The zero-order chi connectivity index (χ0) is 10.4. The van der Waals surface area contributed by atoms with E-state index in [1.807, 2.05) is 0 Å². The molecule has 1 heteroatoms. The van der Waals surface area contributed by atoms with E-state index in [9.17, 15) is 0 Å². The van der Waals surface area contributed by atoms with E-state index in [1.165, 1.54) is 38.5 Å². The van der Waals surface area contributed by atoms with E-state index in [2.05, 4.69) is 20.8 Å². The minimum Gasteiger partial charge on any atom is -0.373 e. The van der Waals surface area contributed by atoms with Gasteiger partial charge in [-0.1, -0.05) is 52.9 Å². The molecule has 0 saturated carbocycles. The summed E-state index contributed by atoms with van der Waals surface area (Å²) in [6.07, 6.45) is 8.84. The third-order valence-corrected chi connectivity index (χ3v) is 3.59. The van der Waals surface area contributed by atoms with Crippen LogP contribution in [-0.4, -0.2) is 12.7 Å². The highest BCUT2D eigenvalue weighted by molar-refractivity contribution is 4.80. The quantitative estimate of drug-likeness (QED) is 0.537. The summed E-state index contributed by atoms with van der Waals surface area (Å²) in [7, 11) is 0. The molecule has 14 heavy (non-hydrogen) atoms. The van der Waals surface area contributed by atoms with Crippen LogP contribution in [0.4, 0.5) is 0 Å². The van der Waals surface area contributed by atoms with Crippen molar-refractivity contribution in [3.8, 4) is 0 Å². The fourth-order valence-electron chi connectivity index (χ4n) is 2.32. The summed E-state index contributed by atoms with van der Waals surface area (Å²) in [5.41, 5.74) is 0. The van der Waals surface area contributed by atoms with Crippen molar-refractivity contribution < 1.29 is 4.74 Å². The van der Waals surface area contributed by atoms with Gasteiger partial charge in [-0.05, 0) is 18.3 Å². The molecule has 1 aliphatic heterocycles. The molecule has 0 bridgehead atoms. The van der Waals surface area contributed by atoms with E-state index in [0.29, 0.717) is 6.10 Å². The molecule has 1 rings (SSSR count). The Bertz CT molecular complexity index is 140. The first-order chi connectivity index (χ1) is 6.81. The maximum atomic E-state index is 5.41. The minimum absolute atomic E-state index is 0.621. The third kappa shape index (κ3) is 4.00. The van der Waals surface area contributed by atoms with Gasteiger partial charge >= 0.3 is 0 Å². The van der Waals surface area contributed by atoms with Crippen molar-refractivity contribution in [1.29, 1.82) is 0 Å². The Morgan fingerprint density at radius 3 is 2.36 bits per heavy atom. The normalized spacial score (nSPS) is 24.6. The molecule has 0 spiro atoms. The topological polar surface area (TPSA) is 12.5 Å². The molecule has 0 amide bonds. The molecule has 0 aromatic heterocycles. The average Bonchev–Trinajstić information content (AvgIpc) is 3.02. The maximum Gasteiger partial charge on any atom is 0.0838 e. The molecule has 0 aromatic carbocycles. The molecular weight excluding hydrogens is 172 g/mol. The maximum absolute atomic E-state index is 5.41. The second kappa shape index (κ2) is 6.44. The van der Waals surface area contributed by atoms with E-state index < -0.39 is 0 Å². The van der Waals surface area contributed by atoms with Gasteiger partial charge in [-0.2, -0.15) is 0 Å². The molecule has 1 fully saturated rings. The van der Waals surface area contributed by atoms with Crippen LogP contribution in [0.3, 0.4) is 0 Å². The van der Waals surface area contributed by atoms with Gasteiger partial charge in [0.25, 0.3) is 0 Å². The number of hydrogen-bond donors (Lipinski definition) is 0. The first-order valence-electron chi connectivity index (χ1n) is 6.43. The lowest BCUT2D eigenvalue weighted by atomic mass is 9.86.